The van der Waals surface area contributed by atoms with Gasteiger partial charge in [-0.05, 0) is 31.2 Å². The summed E-state index contributed by atoms with van der Waals surface area (Å²) in [6, 6.07) is 16.9. The van der Waals surface area contributed by atoms with Crippen molar-refractivity contribution in [3.63, 3.8) is 0 Å². The van der Waals surface area contributed by atoms with Crippen LogP contribution in [0.1, 0.15) is 5.56 Å². The molecule has 0 fully saturated rings. The number of ether oxygens (including phenoxy) is 1. The summed E-state index contributed by atoms with van der Waals surface area (Å²) in [5.41, 5.74) is 5.85. The quantitative estimate of drug-likeness (QED) is 0.630. The monoisotopic (exact) mass is 330 g/mol. The van der Waals surface area contributed by atoms with Gasteiger partial charge in [0.15, 0.2) is 6.61 Å². The smallest absolute Gasteiger partial charge is 0.276 e. The molecule has 0 aliphatic heterocycles. The number of hydrazine groups is 1. The molecule has 120 valence electrons. The normalized spacial score (nSPS) is 9.96. The summed E-state index contributed by atoms with van der Waals surface area (Å²) < 4.78 is 5.27. The second-order valence-electron chi connectivity index (χ2n) is 4.80. The first-order chi connectivity index (χ1) is 11.1. The lowest BCUT2D eigenvalue weighted by Gasteiger charge is -2.08. The minimum atomic E-state index is -0.414. The first-order valence-corrected chi connectivity index (χ1v) is 8.07. The Morgan fingerprint density at radius 1 is 0.957 bits per heavy atom. The van der Waals surface area contributed by atoms with Crippen LogP contribution in [0, 0.1) is 6.92 Å². The zero-order valence-electron chi connectivity index (χ0n) is 12.7. The number of amides is 2. The Hall–Kier alpha value is -2.47. The summed E-state index contributed by atoms with van der Waals surface area (Å²) in [7, 11) is 0. The van der Waals surface area contributed by atoms with Crippen LogP contribution in [0.5, 0.6) is 5.75 Å². The SMILES string of the molecule is Cc1ccc(SCC(=O)NNC(=O)COc2ccccc2)cc1. The topological polar surface area (TPSA) is 67.4 Å². The fourth-order valence-corrected chi connectivity index (χ4v) is 2.36. The molecule has 0 spiro atoms. The predicted molar refractivity (Wildman–Crippen MR) is 90.1 cm³/mol. The van der Waals surface area contributed by atoms with E-state index >= 15 is 0 Å². The summed E-state index contributed by atoms with van der Waals surface area (Å²) in [5, 5.41) is 0. The molecule has 0 saturated heterocycles. The lowest BCUT2D eigenvalue weighted by molar-refractivity contribution is -0.128. The molecule has 0 heterocycles. The van der Waals surface area contributed by atoms with Gasteiger partial charge in [0.05, 0.1) is 5.75 Å². The van der Waals surface area contributed by atoms with Crippen molar-refractivity contribution in [2.45, 2.75) is 11.8 Å². The Morgan fingerprint density at radius 3 is 2.30 bits per heavy atom. The molecule has 0 atom stereocenters. The van der Waals surface area contributed by atoms with E-state index in [-0.39, 0.29) is 18.3 Å². The lowest BCUT2D eigenvalue weighted by Crippen LogP contribution is -2.44. The number of thioether (sulfide) groups is 1. The average Bonchev–Trinajstić information content (AvgIpc) is 2.58. The molecular weight excluding hydrogens is 312 g/mol. The molecular formula is C17H18N2O3S. The molecule has 6 heteroatoms. The zero-order valence-corrected chi connectivity index (χ0v) is 13.6. The van der Waals surface area contributed by atoms with E-state index in [1.54, 1.807) is 12.1 Å². The van der Waals surface area contributed by atoms with E-state index in [0.717, 1.165) is 4.90 Å². The van der Waals surface area contributed by atoms with Crippen molar-refractivity contribution < 1.29 is 14.3 Å². The molecule has 2 N–H and O–H groups in total. The Balaban J connectivity index is 1.63. The minimum Gasteiger partial charge on any atom is -0.484 e. The van der Waals surface area contributed by atoms with Gasteiger partial charge in [-0.25, -0.2) is 0 Å². The van der Waals surface area contributed by atoms with Crippen molar-refractivity contribution in [2.75, 3.05) is 12.4 Å². The van der Waals surface area contributed by atoms with Crippen molar-refractivity contribution in [3.8, 4) is 5.75 Å². The molecule has 0 radical (unpaired) electrons. The highest BCUT2D eigenvalue weighted by molar-refractivity contribution is 8.00. The standard InChI is InChI=1S/C17H18N2O3S/c1-13-7-9-15(10-8-13)23-12-17(21)19-18-16(20)11-22-14-5-3-2-4-6-14/h2-10H,11-12H2,1H3,(H,18,20)(H,19,21). The maximum atomic E-state index is 11.7. The fourth-order valence-electron chi connectivity index (χ4n) is 1.66. The number of aryl methyl sites for hydroxylation is 1. The van der Waals surface area contributed by atoms with E-state index in [0.29, 0.717) is 5.75 Å². The van der Waals surface area contributed by atoms with Crippen LogP contribution >= 0.6 is 11.8 Å². The molecule has 2 amide bonds. The van der Waals surface area contributed by atoms with Crippen LogP contribution in [-0.2, 0) is 9.59 Å². The van der Waals surface area contributed by atoms with Crippen LogP contribution in [0.3, 0.4) is 0 Å². The van der Waals surface area contributed by atoms with Crippen LogP contribution in [0.15, 0.2) is 59.5 Å². The van der Waals surface area contributed by atoms with Crippen LogP contribution in [-0.4, -0.2) is 24.2 Å². The number of hydrogen-bond acceptors (Lipinski definition) is 4. The molecule has 5 nitrogen and oxygen atoms in total. The van der Waals surface area contributed by atoms with Crippen LogP contribution in [0.4, 0.5) is 0 Å². The minimum absolute atomic E-state index is 0.157. The zero-order chi connectivity index (χ0) is 16.5. The number of benzene rings is 2. The summed E-state index contributed by atoms with van der Waals surface area (Å²) in [6.07, 6.45) is 0. The second kappa shape index (κ2) is 8.85. The molecule has 0 aliphatic rings. The summed E-state index contributed by atoms with van der Waals surface area (Å²) in [6.45, 7) is 1.85. The molecule has 2 rings (SSSR count). The van der Waals surface area contributed by atoms with Crippen LogP contribution in [0.2, 0.25) is 0 Å². The predicted octanol–water partition coefficient (Wildman–Crippen LogP) is 2.31. The first kappa shape index (κ1) is 16.9. The van der Waals surface area contributed by atoms with Crippen molar-refractivity contribution in [1.82, 2.24) is 10.9 Å². The third-order valence-corrected chi connectivity index (χ3v) is 3.86. The highest BCUT2D eigenvalue weighted by Crippen LogP contribution is 2.17. The average molecular weight is 330 g/mol. The lowest BCUT2D eigenvalue weighted by atomic mass is 10.2. The van der Waals surface area contributed by atoms with Gasteiger partial charge in [0.1, 0.15) is 5.75 Å². The van der Waals surface area contributed by atoms with E-state index < -0.39 is 5.91 Å². The Bertz CT molecular complexity index is 645. The molecule has 0 unspecified atom stereocenters. The summed E-state index contributed by atoms with van der Waals surface area (Å²) >= 11 is 1.40. The van der Waals surface area contributed by atoms with Gasteiger partial charge in [0.2, 0.25) is 5.91 Å². The van der Waals surface area contributed by atoms with Crippen LogP contribution < -0.4 is 15.6 Å². The van der Waals surface area contributed by atoms with Crippen molar-refractivity contribution in [2.24, 2.45) is 0 Å². The molecule has 0 aliphatic carbocycles. The number of carbonyl (C=O) groups is 2. The van der Waals surface area contributed by atoms with Gasteiger partial charge >= 0.3 is 0 Å². The Labute approximate surface area is 139 Å². The van der Waals surface area contributed by atoms with Gasteiger partial charge in [-0.3, -0.25) is 20.4 Å². The fraction of sp³-hybridized carbons (Fsp3) is 0.176. The summed E-state index contributed by atoms with van der Waals surface area (Å²) in [4.78, 5) is 24.3. The molecule has 2 aromatic rings. The number of carbonyl (C=O) groups excluding carboxylic acids is 2. The van der Waals surface area contributed by atoms with Gasteiger partial charge in [0.25, 0.3) is 5.91 Å². The van der Waals surface area contributed by atoms with Gasteiger partial charge in [0, 0.05) is 4.90 Å². The van der Waals surface area contributed by atoms with Gasteiger partial charge < -0.3 is 4.74 Å². The third kappa shape index (κ3) is 6.44. The number of para-hydroxylation sites is 1. The molecule has 23 heavy (non-hydrogen) atoms. The second-order valence-corrected chi connectivity index (χ2v) is 5.85. The largest absolute Gasteiger partial charge is 0.484 e. The maximum absolute atomic E-state index is 11.7. The van der Waals surface area contributed by atoms with E-state index in [9.17, 15) is 9.59 Å². The molecule has 0 saturated carbocycles. The van der Waals surface area contributed by atoms with Crippen molar-refractivity contribution in [3.05, 3.63) is 60.2 Å². The highest BCUT2D eigenvalue weighted by atomic mass is 32.2. The summed E-state index contributed by atoms with van der Waals surface area (Å²) in [5.74, 6) is 0.137. The Morgan fingerprint density at radius 2 is 1.61 bits per heavy atom. The molecule has 0 aromatic heterocycles. The number of rotatable bonds is 6. The number of hydrogen-bond donors (Lipinski definition) is 2. The first-order valence-electron chi connectivity index (χ1n) is 7.08. The van der Waals surface area contributed by atoms with E-state index in [2.05, 4.69) is 10.9 Å². The number of nitrogens with one attached hydrogen (secondary N) is 2. The van der Waals surface area contributed by atoms with E-state index in [1.165, 1.54) is 17.3 Å². The van der Waals surface area contributed by atoms with E-state index in [4.69, 9.17) is 4.74 Å². The molecule has 0 bridgehead atoms. The van der Waals surface area contributed by atoms with Gasteiger partial charge in [-0.1, -0.05) is 35.9 Å². The molecule has 2 aromatic carbocycles. The van der Waals surface area contributed by atoms with E-state index in [1.807, 2.05) is 49.4 Å². The maximum Gasteiger partial charge on any atom is 0.276 e. The van der Waals surface area contributed by atoms with Gasteiger partial charge in [-0.15, -0.1) is 11.8 Å². The van der Waals surface area contributed by atoms with Crippen molar-refractivity contribution in [1.29, 1.82) is 0 Å². The Kier molecular flexibility index (Phi) is 6.50. The van der Waals surface area contributed by atoms with Crippen LogP contribution in [0.25, 0.3) is 0 Å². The highest BCUT2D eigenvalue weighted by Gasteiger charge is 2.06. The van der Waals surface area contributed by atoms with Crippen molar-refractivity contribution >= 4 is 23.6 Å². The third-order valence-electron chi connectivity index (χ3n) is 2.85. The van der Waals surface area contributed by atoms with Gasteiger partial charge in [-0.2, -0.15) is 0 Å².